The monoisotopic (exact) mass is 426 g/mol. The lowest BCUT2D eigenvalue weighted by molar-refractivity contribution is 0.463. The molecule has 0 saturated heterocycles. The van der Waals surface area contributed by atoms with E-state index in [0.717, 1.165) is 23.8 Å². The average molecular weight is 426 g/mol. The summed E-state index contributed by atoms with van der Waals surface area (Å²) in [7, 11) is 1.78. The highest BCUT2D eigenvalue weighted by Gasteiger charge is 2.38. The van der Waals surface area contributed by atoms with Gasteiger partial charge in [0, 0.05) is 19.0 Å². The van der Waals surface area contributed by atoms with Crippen molar-refractivity contribution in [3.8, 4) is 0 Å². The van der Waals surface area contributed by atoms with Gasteiger partial charge in [-0.3, -0.25) is 4.99 Å². The van der Waals surface area contributed by atoms with Crippen molar-refractivity contribution in [2.75, 3.05) is 7.05 Å². The Morgan fingerprint density at radius 1 is 1.30 bits per heavy atom. The third-order valence-corrected chi connectivity index (χ3v) is 4.04. The van der Waals surface area contributed by atoms with E-state index in [1.807, 2.05) is 13.8 Å². The number of guanidine groups is 1. The molecule has 3 rings (SSSR count). The van der Waals surface area contributed by atoms with Crippen LogP contribution < -0.4 is 10.6 Å². The number of aliphatic imine (C=N–C) groups is 1. The predicted molar refractivity (Wildman–Crippen MR) is 102 cm³/mol. The molecule has 0 bridgehead atoms. The fourth-order valence-corrected chi connectivity index (χ4v) is 2.57. The maximum absolute atomic E-state index is 5.56. The van der Waals surface area contributed by atoms with E-state index in [1.165, 1.54) is 5.56 Å². The third-order valence-electron chi connectivity index (χ3n) is 4.04. The smallest absolute Gasteiger partial charge is 0.214 e. The zero-order chi connectivity index (χ0) is 15.5. The van der Waals surface area contributed by atoms with Crippen LogP contribution in [-0.4, -0.2) is 24.0 Å². The van der Waals surface area contributed by atoms with Crippen LogP contribution >= 0.6 is 24.0 Å². The van der Waals surface area contributed by atoms with Gasteiger partial charge in [0.25, 0.3) is 0 Å². The molecular weight excluding hydrogens is 403 g/mol. The molecule has 23 heavy (non-hydrogen) atoms. The number of hydrogen-bond acceptors (Lipinski definition) is 3. The number of oxazole rings is 1. The molecular formula is C17H23IN4O. The predicted octanol–water partition coefficient (Wildman–Crippen LogP) is 3.13. The van der Waals surface area contributed by atoms with Gasteiger partial charge in [-0.1, -0.05) is 30.3 Å². The summed E-state index contributed by atoms with van der Waals surface area (Å²) in [6.07, 6.45) is 1.14. The Kier molecular flexibility index (Phi) is 6.04. The van der Waals surface area contributed by atoms with E-state index in [4.69, 9.17) is 4.42 Å². The first-order chi connectivity index (χ1) is 10.7. The van der Waals surface area contributed by atoms with Gasteiger partial charge >= 0.3 is 0 Å². The van der Waals surface area contributed by atoms with E-state index in [1.54, 1.807) is 7.05 Å². The SMILES string of the molecule is CN=C(NCc1nc(C)c(C)o1)NC1CC1c1ccccc1.I. The quantitative estimate of drug-likeness (QED) is 0.448. The van der Waals surface area contributed by atoms with Gasteiger partial charge in [-0.25, -0.2) is 4.98 Å². The zero-order valence-corrected chi connectivity index (χ0v) is 16.0. The molecule has 1 aliphatic rings. The van der Waals surface area contributed by atoms with Gasteiger partial charge < -0.3 is 15.1 Å². The van der Waals surface area contributed by atoms with Crippen molar-refractivity contribution in [3.05, 3.63) is 53.2 Å². The molecule has 1 heterocycles. The molecule has 2 N–H and O–H groups in total. The average Bonchev–Trinajstić information content (AvgIpc) is 3.23. The Hall–Kier alpha value is -1.57. The number of benzene rings is 1. The molecule has 1 aromatic heterocycles. The molecule has 2 atom stereocenters. The summed E-state index contributed by atoms with van der Waals surface area (Å²) >= 11 is 0. The second-order valence-corrected chi connectivity index (χ2v) is 5.68. The van der Waals surface area contributed by atoms with Crippen LogP contribution in [0, 0.1) is 13.8 Å². The van der Waals surface area contributed by atoms with Crippen molar-refractivity contribution < 1.29 is 4.42 Å². The number of hydrogen-bond donors (Lipinski definition) is 2. The van der Waals surface area contributed by atoms with Gasteiger partial charge in [0.2, 0.25) is 5.89 Å². The molecule has 1 aromatic carbocycles. The Bertz CT molecular complexity index is 649. The number of aryl methyl sites for hydroxylation is 2. The van der Waals surface area contributed by atoms with Gasteiger partial charge in [0.05, 0.1) is 12.2 Å². The molecule has 0 amide bonds. The van der Waals surface area contributed by atoms with Crippen LogP contribution in [-0.2, 0) is 6.54 Å². The fourth-order valence-electron chi connectivity index (χ4n) is 2.57. The summed E-state index contributed by atoms with van der Waals surface area (Å²) < 4.78 is 5.56. The lowest BCUT2D eigenvalue weighted by Crippen LogP contribution is -2.38. The molecule has 2 aromatic rings. The fraction of sp³-hybridized carbons (Fsp3) is 0.412. The maximum atomic E-state index is 5.56. The molecule has 124 valence electrons. The van der Waals surface area contributed by atoms with Crippen LogP contribution in [0.1, 0.15) is 35.2 Å². The molecule has 5 nitrogen and oxygen atoms in total. The highest BCUT2D eigenvalue weighted by Crippen LogP contribution is 2.40. The minimum Gasteiger partial charge on any atom is -0.444 e. The highest BCUT2D eigenvalue weighted by molar-refractivity contribution is 14.0. The van der Waals surface area contributed by atoms with Crippen molar-refractivity contribution in [2.24, 2.45) is 4.99 Å². The molecule has 2 unspecified atom stereocenters. The number of aromatic nitrogens is 1. The van der Waals surface area contributed by atoms with Crippen LogP contribution in [0.4, 0.5) is 0 Å². The molecule has 0 aliphatic heterocycles. The minimum absolute atomic E-state index is 0. The first kappa shape index (κ1) is 17.8. The number of rotatable bonds is 4. The summed E-state index contributed by atoms with van der Waals surface area (Å²) in [4.78, 5) is 8.63. The maximum Gasteiger partial charge on any atom is 0.214 e. The largest absolute Gasteiger partial charge is 0.444 e. The van der Waals surface area contributed by atoms with Gasteiger partial charge in [0.15, 0.2) is 5.96 Å². The molecule has 0 spiro atoms. The molecule has 0 radical (unpaired) electrons. The van der Waals surface area contributed by atoms with E-state index in [0.29, 0.717) is 24.4 Å². The van der Waals surface area contributed by atoms with Crippen LogP contribution in [0.5, 0.6) is 0 Å². The third kappa shape index (κ3) is 4.46. The number of nitrogens with zero attached hydrogens (tertiary/aromatic N) is 2. The standard InChI is InChI=1S/C17H22N4O.HI/c1-11-12(2)22-16(20-11)10-19-17(18-3)21-15-9-14(15)13-7-5-4-6-8-13;/h4-8,14-15H,9-10H2,1-3H3,(H2,18,19,21);1H. The van der Waals surface area contributed by atoms with Gasteiger partial charge in [0.1, 0.15) is 5.76 Å². The topological polar surface area (TPSA) is 62.5 Å². The van der Waals surface area contributed by atoms with Gasteiger partial charge in [-0.05, 0) is 25.8 Å². The number of nitrogens with one attached hydrogen (secondary N) is 2. The first-order valence-corrected chi connectivity index (χ1v) is 7.62. The van der Waals surface area contributed by atoms with Crippen LogP contribution in [0.2, 0.25) is 0 Å². The summed E-state index contributed by atoms with van der Waals surface area (Å²) in [5.74, 6) is 2.92. The molecule has 6 heteroatoms. The summed E-state index contributed by atoms with van der Waals surface area (Å²) in [5, 5.41) is 6.70. The molecule has 1 aliphatic carbocycles. The summed E-state index contributed by atoms with van der Waals surface area (Å²) in [6.45, 7) is 4.41. The second kappa shape index (κ2) is 7.81. The van der Waals surface area contributed by atoms with E-state index in [9.17, 15) is 0 Å². The Balaban J connectivity index is 0.00000192. The Morgan fingerprint density at radius 3 is 2.65 bits per heavy atom. The highest BCUT2D eigenvalue weighted by atomic mass is 127. The second-order valence-electron chi connectivity index (χ2n) is 5.68. The van der Waals surface area contributed by atoms with Crippen molar-refractivity contribution >= 4 is 29.9 Å². The Labute approximate surface area is 154 Å². The van der Waals surface area contributed by atoms with Gasteiger partial charge in [-0.2, -0.15) is 0 Å². The molecule has 1 fully saturated rings. The molecule has 1 saturated carbocycles. The van der Waals surface area contributed by atoms with Crippen molar-refractivity contribution in [1.82, 2.24) is 15.6 Å². The first-order valence-electron chi connectivity index (χ1n) is 7.62. The van der Waals surface area contributed by atoms with E-state index >= 15 is 0 Å². The van der Waals surface area contributed by atoms with E-state index in [-0.39, 0.29) is 24.0 Å². The lowest BCUT2D eigenvalue weighted by atomic mass is 10.1. The Morgan fingerprint density at radius 2 is 2.04 bits per heavy atom. The van der Waals surface area contributed by atoms with Crippen molar-refractivity contribution in [1.29, 1.82) is 0 Å². The van der Waals surface area contributed by atoms with Crippen molar-refractivity contribution in [2.45, 2.75) is 38.8 Å². The normalized spacial score (nSPS) is 19.9. The van der Waals surface area contributed by atoms with E-state index in [2.05, 4.69) is 50.9 Å². The van der Waals surface area contributed by atoms with Crippen LogP contribution in [0.3, 0.4) is 0 Å². The lowest BCUT2D eigenvalue weighted by Gasteiger charge is -2.10. The van der Waals surface area contributed by atoms with Crippen molar-refractivity contribution in [3.63, 3.8) is 0 Å². The van der Waals surface area contributed by atoms with Crippen LogP contribution in [0.25, 0.3) is 0 Å². The minimum atomic E-state index is 0. The van der Waals surface area contributed by atoms with E-state index < -0.39 is 0 Å². The summed E-state index contributed by atoms with van der Waals surface area (Å²) in [5.41, 5.74) is 2.32. The van der Waals surface area contributed by atoms with Gasteiger partial charge in [-0.15, -0.1) is 24.0 Å². The number of halogens is 1. The van der Waals surface area contributed by atoms with Crippen LogP contribution in [0.15, 0.2) is 39.7 Å². The summed E-state index contributed by atoms with van der Waals surface area (Å²) in [6, 6.07) is 11.0. The zero-order valence-electron chi connectivity index (χ0n) is 13.7.